The van der Waals surface area contributed by atoms with Crippen molar-refractivity contribution in [3.8, 4) is 0 Å². The van der Waals surface area contributed by atoms with Gasteiger partial charge in [-0.05, 0) is 19.1 Å². The molecule has 120 valence electrons. The number of esters is 1. The van der Waals surface area contributed by atoms with E-state index in [0.717, 1.165) is 6.07 Å². The van der Waals surface area contributed by atoms with Crippen molar-refractivity contribution in [3.63, 3.8) is 0 Å². The zero-order valence-corrected chi connectivity index (χ0v) is 12.6. The second-order valence-corrected chi connectivity index (χ2v) is 4.97. The number of amides is 1. The monoisotopic (exact) mass is 310 g/mol. The summed E-state index contributed by atoms with van der Waals surface area (Å²) in [7, 11) is 1.23. The van der Waals surface area contributed by atoms with Crippen LogP contribution in [0.5, 0.6) is 0 Å². The van der Waals surface area contributed by atoms with Crippen molar-refractivity contribution in [2.75, 3.05) is 45.3 Å². The van der Waals surface area contributed by atoms with Gasteiger partial charge in [-0.15, -0.1) is 0 Å². The minimum Gasteiger partial charge on any atom is -0.465 e. The van der Waals surface area contributed by atoms with Crippen LogP contribution in [0, 0.1) is 12.7 Å². The summed E-state index contributed by atoms with van der Waals surface area (Å²) in [5.74, 6) is -1.24. The van der Waals surface area contributed by atoms with Crippen LogP contribution < -0.4 is 5.32 Å². The standard InChI is InChI=1S/C15H19FN2O4/c1-10-12(16)7-11(15(20)21-2)8-13(10)17-9-14(19)18-3-5-22-6-4-18/h7-8,17H,3-6,9H2,1-2H3. The Kier molecular flexibility index (Phi) is 5.32. The molecule has 0 spiro atoms. The van der Waals surface area contributed by atoms with Gasteiger partial charge in [0.05, 0.1) is 32.4 Å². The van der Waals surface area contributed by atoms with Crippen molar-refractivity contribution in [2.24, 2.45) is 0 Å². The fraction of sp³-hybridized carbons (Fsp3) is 0.467. The van der Waals surface area contributed by atoms with Gasteiger partial charge in [-0.3, -0.25) is 4.79 Å². The van der Waals surface area contributed by atoms with E-state index in [1.165, 1.54) is 13.2 Å². The molecule has 1 aromatic rings. The number of carbonyl (C=O) groups is 2. The van der Waals surface area contributed by atoms with Crippen molar-refractivity contribution < 1.29 is 23.5 Å². The van der Waals surface area contributed by atoms with Crippen LogP contribution >= 0.6 is 0 Å². The Morgan fingerprint density at radius 1 is 1.36 bits per heavy atom. The minimum atomic E-state index is -0.624. The second kappa shape index (κ2) is 7.22. The molecule has 0 aliphatic carbocycles. The summed E-state index contributed by atoms with van der Waals surface area (Å²) in [4.78, 5) is 25.3. The van der Waals surface area contributed by atoms with Crippen LogP contribution in [0.2, 0.25) is 0 Å². The molecule has 0 unspecified atom stereocenters. The lowest BCUT2D eigenvalue weighted by Gasteiger charge is -2.27. The molecule has 0 saturated carbocycles. The molecule has 1 fully saturated rings. The number of hydrogen-bond donors (Lipinski definition) is 1. The first kappa shape index (κ1) is 16.2. The van der Waals surface area contributed by atoms with Crippen molar-refractivity contribution in [1.82, 2.24) is 4.90 Å². The number of carbonyl (C=O) groups excluding carboxylic acids is 2. The summed E-state index contributed by atoms with van der Waals surface area (Å²) in [6.07, 6.45) is 0. The number of anilines is 1. The number of benzene rings is 1. The van der Waals surface area contributed by atoms with Crippen LogP contribution in [0.3, 0.4) is 0 Å². The number of ether oxygens (including phenoxy) is 2. The molecule has 1 aliphatic rings. The molecule has 1 saturated heterocycles. The zero-order valence-electron chi connectivity index (χ0n) is 12.6. The lowest BCUT2D eigenvalue weighted by Crippen LogP contribution is -2.43. The summed E-state index contributed by atoms with van der Waals surface area (Å²) in [5.41, 5.74) is 0.858. The van der Waals surface area contributed by atoms with Gasteiger partial charge >= 0.3 is 5.97 Å². The van der Waals surface area contributed by atoms with Gasteiger partial charge in [0.1, 0.15) is 5.82 Å². The lowest BCUT2D eigenvalue weighted by atomic mass is 10.1. The van der Waals surface area contributed by atoms with Crippen LogP contribution in [0.25, 0.3) is 0 Å². The van der Waals surface area contributed by atoms with E-state index >= 15 is 0 Å². The number of rotatable bonds is 4. The first-order valence-corrected chi connectivity index (χ1v) is 7.00. The Morgan fingerprint density at radius 2 is 2.05 bits per heavy atom. The highest BCUT2D eigenvalue weighted by Crippen LogP contribution is 2.21. The SMILES string of the molecule is COC(=O)c1cc(F)c(C)c(NCC(=O)N2CCOCC2)c1. The molecule has 1 heterocycles. The van der Waals surface area contributed by atoms with E-state index in [1.807, 2.05) is 0 Å². The van der Waals surface area contributed by atoms with Gasteiger partial charge in [0, 0.05) is 24.3 Å². The Labute approximate surface area is 128 Å². The largest absolute Gasteiger partial charge is 0.465 e. The van der Waals surface area contributed by atoms with Gasteiger partial charge in [0.25, 0.3) is 0 Å². The highest BCUT2D eigenvalue weighted by molar-refractivity contribution is 5.91. The molecule has 1 aliphatic heterocycles. The number of nitrogens with one attached hydrogen (secondary N) is 1. The predicted molar refractivity (Wildman–Crippen MR) is 78.4 cm³/mol. The van der Waals surface area contributed by atoms with Crippen LogP contribution in [0.4, 0.5) is 10.1 Å². The van der Waals surface area contributed by atoms with Gasteiger partial charge < -0.3 is 19.7 Å². The van der Waals surface area contributed by atoms with E-state index in [4.69, 9.17) is 4.74 Å². The van der Waals surface area contributed by atoms with Gasteiger partial charge in [0.2, 0.25) is 5.91 Å². The normalized spacial score (nSPS) is 14.6. The van der Waals surface area contributed by atoms with Crippen molar-refractivity contribution >= 4 is 17.6 Å². The maximum absolute atomic E-state index is 13.9. The van der Waals surface area contributed by atoms with E-state index in [1.54, 1.807) is 11.8 Å². The van der Waals surface area contributed by atoms with Crippen molar-refractivity contribution in [3.05, 3.63) is 29.1 Å². The molecule has 0 aromatic heterocycles. The molecule has 6 nitrogen and oxygen atoms in total. The van der Waals surface area contributed by atoms with E-state index in [-0.39, 0.29) is 18.0 Å². The molecule has 7 heteroatoms. The average molecular weight is 310 g/mol. The molecule has 0 bridgehead atoms. The summed E-state index contributed by atoms with van der Waals surface area (Å²) >= 11 is 0. The van der Waals surface area contributed by atoms with Crippen molar-refractivity contribution in [2.45, 2.75) is 6.92 Å². The third kappa shape index (κ3) is 3.73. The van der Waals surface area contributed by atoms with E-state index in [9.17, 15) is 14.0 Å². The average Bonchev–Trinajstić information content (AvgIpc) is 2.55. The van der Waals surface area contributed by atoms with Crippen molar-refractivity contribution in [1.29, 1.82) is 0 Å². The van der Waals surface area contributed by atoms with Gasteiger partial charge in [0.15, 0.2) is 0 Å². The van der Waals surface area contributed by atoms with E-state index in [0.29, 0.717) is 37.6 Å². The zero-order chi connectivity index (χ0) is 16.1. The smallest absolute Gasteiger partial charge is 0.338 e. The summed E-state index contributed by atoms with van der Waals surface area (Å²) in [6.45, 7) is 3.77. The molecular formula is C15H19FN2O4. The van der Waals surface area contributed by atoms with E-state index in [2.05, 4.69) is 10.1 Å². The van der Waals surface area contributed by atoms with Crippen LogP contribution in [-0.2, 0) is 14.3 Å². The Morgan fingerprint density at radius 3 is 2.68 bits per heavy atom. The third-order valence-corrected chi connectivity index (χ3v) is 3.56. The topological polar surface area (TPSA) is 67.9 Å². The molecule has 0 radical (unpaired) electrons. The van der Waals surface area contributed by atoms with Crippen LogP contribution in [0.1, 0.15) is 15.9 Å². The molecule has 2 rings (SSSR count). The summed E-state index contributed by atoms with van der Waals surface area (Å²) in [6, 6.07) is 2.60. The molecule has 1 aromatic carbocycles. The number of halogens is 1. The summed E-state index contributed by atoms with van der Waals surface area (Å²) in [5, 5.41) is 2.89. The fourth-order valence-corrected chi connectivity index (χ4v) is 2.19. The Hall–Kier alpha value is -2.15. The van der Waals surface area contributed by atoms with Gasteiger partial charge in [-0.1, -0.05) is 0 Å². The number of morpholine rings is 1. The highest BCUT2D eigenvalue weighted by atomic mass is 19.1. The van der Waals surface area contributed by atoms with E-state index < -0.39 is 11.8 Å². The molecule has 0 atom stereocenters. The minimum absolute atomic E-state index is 0.0326. The maximum Gasteiger partial charge on any atom is 0.338 e. The second-order valence-electron chi connectivity index (χ2n) is 4.97. The highest BCUT2D eigenvalue weighted by Gasteiger charge is 2.18. The summed E-state index contributed by atoms with van der Waals surface area (Å²) < 4.78 is 23.6. The van der Waals surface area contributed by atoms with Crippen LogP contribution in [-0.4, -0.2) is 56.7 Å². The number of hydrogen-bond acceptors (Lipinski definition) is 5. The molecular weight excluding hydrogens is 291 g/mol. The van der Waals surface area contributed by atoms with Crippen LogP contribution in [0.15, 0.2) is 12.1 Å². The third-order valence-electron chi connectivity index (χ3n) is 3.56. The molecule has 1 N–H and O–H groups in total. The lowest BCUT2D eigenvalue weighted by molar-refractivity contribution is -0.133. The fourth-order valence-electron chi connectivity index (χ4n) is 2.19. The molecule has 22 heavy (non-hydrogen) atoms. The Bertz CT molecular complexity index is 571. The predicted octanol–water partition coefficient (Wildman–Crippen LogP) is 1.19. The molecule has 1 amide bonds. The maximum atomic E-state index is 13.9. The Balaban J connectivity index is 2.06. The number of nitrogens with zero attached hydrogens (tertiary/aromatic N) is 1. The first-order valence-electron chi connectivity index (χ1n) is 7.00. The van der Waals surface area contributed by atoms with Gasteiger partial charge in [-0.2, -0.15) is 0 Å². The first-order chi connectivity index (χ1) is 10.5. The number of methoxy groups -OCH3 is 1. The quantitative estimate of drug-likeness (QED) is 0.846. The van der Waals surface area contributed by atoms with Gasteiger partial charge in [-0.25, -0.2) is 9.18 Å².